The second-order valence-electron chi connectivity index (χ2n) is 5.07. The van der Waals surface area contributed by atoms with Gasteiger partial charge >= 0.3 is 0 Å². The van der Waals surface area contributed by atoms with E-state index in [1.807, 2.05) is 0 Å². The van der Waals surface area contributed by atoms with Crippen LogP contribution in [0.5, 0.6) is 5.75 Å². The van der Waals surface area contributed by atoms with Gasteiger partial charge in [0.05, 0.1) is 11.1 Å². The Hall–Kier alpha value is -1.55. The van der Waals surface area contributed by atoms with Crippen LogP contribution in [0.3, 0.4) is 0 Å². The lowest BCUT2D eigenvalue weighted by atomic mass is 9.80. The number of aromatic hydroxyl groups is 1. The summed E-state index contributed by atoms with van der Waals surface area (Å²) in [6.07, 6.45) is 0. The summed E-state index contributed by atoms with van der Waals surface area (Å²) in [6, 6.07) is 6.59. The molecule has 1 saturated heterocycles. The van der Waals surface area contributed by atoms with E-state index in [4.69, 9.17) is 5.73 Å². The van der Waals surface area contributed by atoms with Gasteiger partial charge in [-0.05, 0) is 18.1 Å². The Labute approximate surface area is 101 Å². The van der Waals surface area contributed by atoms with Crippen LogP contribution in [0.15, 0.2) is 24.3 Å². The number of hydrogen-bond donors (Lipinski definition) is 2. The van der Waals surface area contributed by atoms with E-state index >= 15 is 0 Å². The summed E-state index contributed by atoms with van der Waals surface area (Å²) in [4.78, 5) is 13.7. The van der Waals surface area contributed by atoms with Crippen LogP contribution in [0.1, 0.15) is 24.2 Å². The van der Waals surface area contributed by atoms with Crippen LogP contribution in [0.25, 0.3) is 0 Å². The summed E-state index contributed by atoms with van der Waals surface area (Å²) >= 11 is 0. The molecule has 0 unspecified atom stereocenters. The van der Waals surface area contributed by atoms with Crippen molar-refractivity contribution in [2.24, 2.45) is 11.7 Å². The van der Waals surface area contributed by atoms with Crippen molar-refractivity contribution >= 4 is 5.91 Å². The van der Waals surface area contributed by atoms with Crippen molar-refractivity contribution in [1.82, 2.24) is 4.90 Å². The van der Waals surface area contributed by atoms with Crippen molar-refractivity contribution in [3.8, 4) is 5.75 Å². The predicted molar refractivity (Wildman–Crippen MR) is 65.8 cm³/mol. The quantitative estimate of drug-likeness (QED) is 0.808. The van der Waals surface area contributed by atoms with Gasteiger partial charge in [-0.15, -0.1) is 0 Å². The molecule has 1 aliphatic heterocycles. The molecular formula is C13H18N2O2. The van der Waals surface area contributed by atoms with Crippen LogP contribution >= 0.6 is 0 Å². The standard InChI is InChI=1S/C13H18N2O2/c1-9(2)13(14)7-15(8-13)12(17)10-5-3-4-6-11(10)16/h3-6,9,16H,7-8,14H2,1-2H3. The highest BCUT2D eigenvalue weighted by Crippen LogP contribution is 2.29. The van der Waals surface area contributed by atoms with Crippen LogP contribution in [0.2, 0.25) is 0 Å². The smallest absolute Gasteiger partial charge is 0.257 e. The minimum absolute atomic E-state index is 0.0246. The molecule has 1 aromatic rings. The number of hydrogen-bond acceptors (Lipinski definition) is 3. The maximum atomic E-state index is 12.1. The fourth-order valence-electron chi connectivity index (χ4n) is 2.00. The van der Waals surface area contributed by atoms with Gasteiger partial charge in [0.2, 0.25) is 0 Å². The molecule has 1 heterocycles. The van der Waals surface area contributed by atoms with Crippen molar-refractivity contribution in [1.29, 1.82) is 0 Å². The van der Waals surface area contributed by atoms with E-state index in [-0.39, 0.29) is 17.2 Å². The Kier molecular flexibility index (Phi) is 2.83. The minimum atomic E-state index is -0.278. The van der Waals surface area contributed by atoms with E-state index in [9.17, 15) is 9.90 Å². The van der Waals surface area contributed by atoms with Crippen molar-refractivity contribution < 1.29 is 9.90 Å². The van der Waals surface area contributed by atoms with Crippen LogP contribution in [-0.2, 0) is 0 Å². The first-order valence-corrected chi connectivity index (χ1v) is 5.80. The number of amides is 1. The maximum Gasteiger partial charge on any atom is 0.257 e. The van der Waals surface area contributed by atoms with Gasteiger partial charge in [0.15, 0.2) is 0 Å². The topological polar surface area (TPSA) is 66.6 Å². The zero-order valence-corrected chi connectivity index (χ0v) is 10.2. The second-order valence-corrected chi connectivity index (χ2v) is 5.07. The number of phenols is 1. The number of nitrogens with zero attached hydrogens (tertiary/aromatic N) is 1. The normalized spacial score (nSPS) is 18.0. The molecule has 0 saturated carbocycles. The first-order chi connectivity index (χ1) is 7.94. The first kappa shape index (κ1) is 11.9. The second kappa shape index (κ2) is 4.04. The number of likely N-dealkylation sites (tertiary alicyclic amines) is 1. The molecule has 92 valence electrons. The number of phenolic OH excluding ortho intramolecular Hbond substituents is 1. The molecule has 4 nitrogen and oxygen atoms in total. The molecule has 3 N–H and O–H groups in total. The first-order valence-electron chi connectivity index (χ1n) is 5.80. The molecule has 4 heteroatoms. The zero-order valence-electron chi connectivity index (χ0n) is 10.2. The van der Waals surface area contributed by atoms with Gasteiger partial charge in [-0.25, -0.2) is 0 Å². The molecule has 0 radical (unpaired) electrons. The van der Waals surface area contributed by atoms with Gasteiger partial charge in [-0.2, -0.15) is 0 Å². The highest BCUT2D eigenvalue weighted by Gasteiger charge is 2.44. The van der Waals surface area contributed by atoms with Gasteiger partial charge in [0.25, 0.3) is 5.91 Å². The third-order valence-electron chi connectivity index (χ3n) is 3.54. The van der Waals surface area contributed by atoms with E-state index in [1.54, 1.807) is 23.1 Å². The van der Waals surface area contributed by atoms with Crippen molar-refractivity contribution in [3.05, 3.63) is 29.8 Å². The molecule has 1 aromatic carbocycles. The summed E-state index contributed by atoms with van der Waals surface area (Å²) in [5, 5.41) is 9.61. The third-order valence-corrected chi connectivity index (χ3v) is 3.54. The highest BCUT2D eigenvalue weighted by molar-refractivity contribution is 5.97. The zero-order chi connectivity index (χ0) is 12.6. The molecule has 0 spiro atoms. The van der Waals surface area contributed by atoms with E-state index in [0.29, 0.717) is 24.6 Å². The van der Waals surface area contributed by atoms with E-state index in [2.05, 4.69) is 13.8 Å². The Morgan fingerprint density at radius 1 is 1.41 bits per heavy atom. The summed E-state index contributed by atoms with van der Waals surface area (Å²) in [5.74, 6) is 0.220. The Morgan fingerprint density at radius 2 is 2.00 bits per heavy atom. The molecule has 17 heavy (non-hydrogen) atoms. The number of nitrogens with two attached hydrogens (primary N) is 1. The number of para-hydroxylation sites is 1. The molecule has 0 aliphatic carbocycles. The maximum absolute atomic E-state index is 12.1. The molecule has 1 aliphatic rings. The van der Waals surface area contributed by atoms with E-state index in [0.717, 1.165) is 0 Å². The lowest BCUT2D eigenvalue weighted by molar-refractivity contribution is 0.0272. The summed E-state index contributed by atoms with van der Waals surface area (Å²) < 4.78 is 0. The SMILES string of the molecule is CC(C)C1(N)CN(C(=O)c2ccccc2O)C1. The summed E-state index contributed by atoms with van der Waals surface area (Å²) in [7, 11) is 0. The molecule has 0 atom stereocenters. The van der Waals surface area contributed by atoms with Crippen molar-refractivity contribution in [3.63, 3.8) is 0 Å². The minimum Gasteiger partial charge on any atom is -0.507 e. The van der Waals surface area contributed by atoms with Gasteiger partial charge in [0, 0.05) is 13.1 Å². The number of benzene rings is 1. The highest BCUT2D eigenvalue weighted by atomic mass is 16.3. The molecule has 0 aromatic heterocycles. The van der Waals surface area contributed by atoms with Gasteiger partial charge in [-0.3, -0.25) is 4.79 Å². The predicted octanol–water partition coefficient (Wildman–Crippen LogP) is 1.20. The third kappa shape index (κ3) is 2.00. The van der Waals surface area contributed by atoms with Crippen LogP contribution in [0, 0.1) is 5.92 Å². The van der Waals surface area contributed by atoms with Gasteiger partial charge in [-0.1, -0.05) is 26.0 Å². The number of carbonyl (C=O) groups is 1. The fourth-order valence-corrected chi connectivity index (χ4v) is 2.00. The lowest BCUT2D eigenvalue weighted by Crippen LogP contribution is -2.71. The molecule has 1 amide bonds. The number of rotatable bonds is 2. The van der Waals surface area contributed by atoms with Crippen molar-refractivity contribution in [2.75, 3.05) is 13.1 Å². The van der Waals surface area contributed by atoms with Crippen LogP contribution in [0.4, 0.5) is 0 Å². The Balaban J connectivity index is 2.08. The Bertz CT molecular complexity index is 437. The molecule has 0 bridgehead atoms. The fraction of sp³-hybridized carbons (Fsp3) is 0.462. The summed E-state index contributed by atoms with van der Waals surface area (Å²) in [5.41, 5.74) is 6.20. The molecule has 2 rings (SSSR count). The summed E-state index contributed by atoms with van der Waals surface area (Å²) in [6.45, 7) is 5.22. The Morgan fingerprint density at radius 3 is 2.53 bits per heavy atom. The average molecular weight is 234 g/mol. The van der Waals surface area contributed by atoms with Crippen LogP contribution in [-0.4, -0.2) is 34.5 Å². The van der Waals surface area contributed by atoms with E-state index in [1.165, 1.54) is 6.07 Å². The average Bonchev–Trinajstić information content (AvgIpc) is 2.24. The van der Waals surface area contributed by atoms with Gasteiger partial charge < -0.3 is 15.7 Å². The molecule has 1 fully saturated rings. The molecular weight excluding hydrogens is 216 g/mol. The largest absolute Gasteiger partial charge is 0.507 e. The van der Waals surface area contributed by atoms with Gasteiger partial charge in [0.1, 0.15) is 5.75 Å². The van der Waals surface area contributed by atoms with Crippen molar-refractivity contribution in [2.45, 2.75) is 19.4 Å². The lowest BCUT2D eigenvalue weighted by Gasteiger charge is -2.50. The monoisotopic (exact) mass is 234 g/mol. The number of carbonyl (C=O) groups excluding carboxylic acids is 1. The van der Waals surface area contributed by atoms with E-state index < -0.39 is 0 Å². The van der Waals surface area contributed by atoms with Crippen LogP contribution < -0.4 is 5.73 Å².